The second kappa shape index (κ2) is 6.31. The van der Waals surface area contributed by atoms with Crippen LogP contribution in [0.25, 0.3) is 0 Å². The van der Waals surface area contributed by atoms with Gasteiger partial charge in [-0.15, -0.1) is 0 Å². The largest absolute Gasteiger partial charge is 0.469 e. The minimum atomic E-state index is -0.223. The number of nitrogens with zero attached hydrogens (tertiary/aromatic N) is 2. The molecule has 0 unspecified atom stereocenters. The van der Waals surface area contributed by atoms with Gasteiger partial charge >= 0.3 is 5.97 Å². The van der Waals surface area contributed by atoms with Crippen molar-refractivity contribution in [2.45, 2.75) is 19.3 Å². The Hall–Kier alpha value is -1.91. The highest BCUT2D eigenvalue weighted by Gasteiger charge is 2.28. The summed E-state index contributed by atoms with van der Waals surface area (Å²) in [6, 6.07) is 3.70. The highest BCUT2D eigenvalue weighted by atomic mass is 16.5. The van der Waals surface area contributed by atoms with Crippen LogP contribution in [0.15, 0.2) is 24.5 Å². The molecule has 0 aliphatic carbocycles. The molecule has 1 amide bonds. The Balaban J connectivity index is 1.94. The van der Waals surface area contributed by atoms with E-state index in [4.69, 9.17) is 4.74 Å². The van der Waals surface area contributed by atoms with E-state index in [1.54, 1.807) is 17.3 Å². The van der Waals surface area contributed by atoms with Crippen molar-refractivity contribution in [1.82, 2.24) is 9.88 Å². The summed E-state index contributed by atoms with van der Waals surface area (Å²) in [5.74, 6) is -0.364. The molecule has 0 radical (unpaired) electrons. The highest BCUT2D eigenvalue weighted by Crippen LogP contribution is 2.18. The first-order valence-electron chi connectivity index (χ1n) is 6.45. The van der Waals surface area contributed by atoms with E-state index in [1.807, 2.05) is 12.1 Å². The van der Waals surface area contributed by atoms with Gasteiger partial charge in [-0.3, -0.25) is 14.6 Å². The van der Waals surface area contributed by atoms with E-state index in [2.05, 4.69) is 4.98 Å². The van der Waals surface area contributed by atoms with Crippen LogP contribution >= 0.6 is 0 Å². The molecule has 0 aromatic carbocycles. The molecule has 1 fully saturated rings. The number of carbonyl (C=O) groups excluding carboxylic acids is 2. The maximum atomic E-state index is 12.2. The van der Waals surface area contributed by atoms with Crippen molar-refractivity contribution in [2.24, 2.45) is 5.92 Å². The lowest BCUT2D eigenvalue weighted by atomic mass is 9.97. The molecule has 0 spiro atoms. The second-order valence-electron chi connectivity index (χ2n) is 4.74. The molecule has 0 bridgehead atoms. The fraction of sp³-hybridized carbons (Fsp3) is 0.500. The summed E-state index contributed by atoms with van der Waals surface area (Å²) in [6.45, 7) is 1.18. The summed E-state index contributed by atoms with van der Waals surface area (Å²) in [4.78, 5) is 29.4. The Morgan fingerprint density at radius 2 is 2.37 bits per heavy atom. The molecule has 1 atom stereocenters. The first kappa shape index (κ1) is 13.5. The minimum absolute atomic E-state index is 0.0432. The SMILES string of the molecule is COC(=O)[C@H]1CCCN(C(=O)Cc2cccnc2)C1. The predicted molar refractivity (Wildman–Crippen MR) is 69.3 cm³/mol. The lowest BCUT2D eigenvalue weighted by Gasteiger charge is -2.31. The number of aromatic nitrogens is 1. The molecule has 5 heteroatoms. The zero-order valence-electron chi connectivity index (χ0n) is 11.0. The third-order valence-electron chi connectivity index (χ3n) is 3.39. The van der Waals surface area contributed by atoms with Gasteiger partial charge in [0.25, 0.3) is 0 Å². The molecule has 5 nitrogen and oxygen atoms in total. The van der Waals surface area contributed by atoms with Crippen LogP contribution in [0.3, 0.4) is 0 Å². The number of amides is 1. The van der Waals surface area contributed by atoms with E-state index in [1.165, 1.54) is 7.11 Å². The van der Waals surface area contributed by atoms with Crippen LogP contribution in [0.2, 0.25) is 0 Å². The van der Waals surface area contributed by atoms with E-state index in [0.717, 1.165) is 18.4 Å². The van der Waals surface area contributed by atoms with Crippen molar-refractivity contribution < 1.29 is 14.3 Å². The number of hydrogen-bond acceptors (Lipinski definition) is 4. The molecule has 0 saturated carbocycles. The lowest BCUT2D eigenvalue weighted by molar-refractivity contribution is -0.148. The Kier molecular flexibility index (Phi) is 4.49. The minimum Gasteiger partial charge on any atom is -0.469 e. The van der Waals surface area contributed by atoms with Crippen LogP contribution in [-0.4, -0.2) is 42.0 Å². The molecule has 2 heterocycles. The maximum absolute atomic E-state index is 12.2. The van der Waals surface area contributed by atoms with Gasteiger partial charge in [-0.1, -0.05) is 6.07 Å². The van der Waals surface area contributed by atoms with Gasteiger partial charge < -0.3 is 9.64 Å². The number of rotatable bonds is 3. The average molecular weight is 262 g/mol. The van der Waals surface area contributed by atoms with Crippen molar-refractivity contribution in [2.75, 3.05) is 20.2 Å². The Morgan fingerprint density at radius 3 is 3.05 bits per heavy atom. The first-order valence-corrected chi connectivity index (χ1v) is 6.45. The molecule has 1 aliphatic heterocycles. The number of piperidine rings is 1. The van der Waals surface area contributed by atoms with Crippen molar-refractivity contribution in [1.29, 1.82) is 0 Å². The Bertz CT molecular complexity index is 447. The average Bonchev–Trinajstić information content (AvgIpc) is 2.47. The van der Waals surface area contributed by atoms with Gasteiger partial charge in [0.15, 0.2) is 0 Å². The van der Waals surface area contributed by atoms with Crippen LogP contribution < -0.4 is 0 Å². The topological polar surface area (TPSA) is 59.5 Å². The van der Waals surface area contributed by atoms with Gasteiger partial charge in [-0.25, -0.2) is 0 Å². The number of carbonyl (C=O) groups is 2. The summed E-state index contributed by atoms with van der Waals surface area (Å²) < 4.78 is 4.75. The van der Waals surface area contributed by atoms with Crippen LogP contribution in [0.5, 0.6) is 0 Å². The standard InChI is InChI=1S/C14H18N2O3/c1-19-14(18)12-5-3-7-16(10-12)13(17)8-11-4-2-6-15-9-11/h2,4,6,9,12H,3,5,7-8,10H2,1H3/t12-/m0/s1. The van der Waals surface area contributed by atoms with Gasteiger partial charge in [0.2, 0.25) is 5.91 Å². The van der Waals surface area contributed by atoms with Gasteiger partial charge in [-0.2, -0.15) is 0 Å². The van der Waals surface area contributed by atoms with E-state index in [9.17, 15) is 9.59 Å². The van der Waals surface area contributed by atoms with E-state index >= 15 is 0 Å². The van der Waals surface area contributed by atoms with Gasteiger partial charge in [0, 0.05) is 25.5 Å². The third-order valence-corrected chi connectivity index (χ3v) is 3.39. The number of pyridine rings is 1. The van der Waals surface area contributed by atoms with E-state index < -0.39 is 0 Å². The Labute approximate surface area is 112 Å². The van der Waals surface area contributed by atoms with Crippen molar-refractivity contribution in [3.63, 3.8) is 0 Å². The lowest BCUT2D eigenvalue weighted by Crippen LogP contribution is -2.43. The molecule has 19 heavy (non-hydrogen) atoms. The van der Waals surface area contributed by atoms with E-state index in [-0.39, 0.29) is 17.8 Å². The van der Waals surface area contributed by atoms with Gasteiger partial charge in [-0.05, 0) is 24.5 Å². The van der Waals surface area contributed by atoms with E-state index in [0.29, 0.717) is 19.5 Å². The molecule has 2 rings (SSSR count). The number of likely N-dealkylation sites (tertiary alicyclic amines) is 1. The number of methoxy groups -OCH3 is 1. The number of ether oxygens (including phenoxy) is 1. The maximum Gasteiger partial charge on any atom is 0.310 e. The van der Waals surface area contributed by atoms with Crippen molar-refractivity contribution in [3.05, 3.63) is 30.1 Å². The summed E-state index contributed by atoms with van der Waals surface area (Å²) in [6.07, 6.45) is 5.35. The molecule has 1 aromatic rings. The number of esters is 1. The van der Waals surface area contributed by atoms with Crippen LogP contribution in [-0.2, 0) is 20.7 Å². The molecule has 1 aliphatic rings. The van der Waals surface area contributed by atoms with Gasteiger partial charge in [0.05, 0.1) is 19.4 Å². The summed E-state index contributed by atoms with van der Waals surface area (Å²) in [7, 11) is 1.39. The number of hydrogen-bond donors (Lipinski definition) is 0. The highest BCUT2D eigenvalue weighted by molar-refractivity contribution is 5.80. The smallest absolute Gasteiger partial charge is 0.310 e. The molecule has 1 saturated heterocycles. The predicted octanol–water partition coefficient (Wildman–Crippen LogP) is 1.04. The molecular weight excluding hydrogens is 244 g/mol. The van der Waals surface area contributed by atoms with Crippen LogP contribution in [0.1, 0.15) is 18.4 Å². The Morgan fingerprint density at radius 1 is 1.53 bits per heavy atom. The first-order chi connectivity index (χ1) is 9.20. The van der Waals surface area contributed by atoms with Crippen LogP contribution in [0.4, 0.5) is 0 Å². The normalized spacial score (nSPS) is 19.0. The summed E-state index contributed by atoms with van der Waals surface area (Å²) in [5.41, 5.74) is 0.896. The third kappa shape index (κ3) is 3.53. The molecule has 1 aromatic heterocycles. The van der Waals surface area contributed by atoms with Crippen molar-refractivity contribution in [3.8, 4) is 0 Å². The zero-order valence-corrected chi connectivity index (χ0v) is 11.0. The quantitative estimate of drug-likeness (QED) is 0.764. The fourth-order valence-corrected chi connectivity index (χ4v) is 2.35. The molecular formula is C14H18N2O3. The van der Waals surface area contributed by atoms with Gasteiger partial charge in [0.1, 0.15) is 0 Å². The monoisotopic (exact) mass is 262 g/mol. The summed E-state index contributed by atoms with van der Waals surface area (Å²) >= 11 is 0. The fourth-order valence-electron chi connectivity index (χ4n) is 2.35. The second-order valence-corrected chi connectivity index (χ2v) is 4.74. The van der Waals surface area contributed by atoms with Crippen LogP contribution in [0, 0.1) is 5.92 Å². The zero-order chi connectivity index (χ0) is 13.7. The summed E-state index contributed by atoms with van der Waals surface area (Å²) in [5, 5.41) is 0. The van der Waals surface area contributed by atoms with Crippen molar-refractivity contribution >= 4 is 11.9 Å². The molecule has 0 N–H and O–H groups in total. The molecule has 102 valence electrons.